The van der Waals surface area contributed by atoms with Crippen molar-refractivity contribution < 1.29 is 14.3 Å². The third kappa shape index (κ3) is 5.53. The summed E-state index contributed by atoms with van der Waals surface area (Å²) in [4.78, 5) is 14.1. The maximum absolute atomic E-state index is 12.0. The molecule has 0 saturated carbocycles. The van der Waals surface area contributed by atoms with Crippen molar-refractivity contribution in [2.24, 2.45) is 0 Å². The minimum atomic E-state index is -0.00327. The van der Waals surface area contributed by atoms with E-state index in [2.05, 4.69) is 10.2 Å². The number of carbonyl (C=O) groups is 1. The van der Waals surface area contributed by atoms with Gasteiger partial charge in [0.05, 0.1) is 25.9 Å². The van der Waals surface area contributed by atoms with Crippen molar-refractivity contribution in [1.29, 1.82) is 0 Å². The van der Waals surface area contributed by atoms with Gasteiger partial charge >= 0.3 is 0 Å². The third-order valence-corrected chi connectivity index (χ3v) is 3.24. The summed E-state index contributed by atoms with van der Waals surface area (Å²) >= 11 is 0. The van der Waals surface area contributed by atoms with Crippen LogP contribution in [0.2, 0.25) is 0 Å². The Bertz CT molecular complexity index is 443. The van der Waals surface area contributed by atoms with Crippen LogP contribution in [0, 0.1) is 0 Å². The van der Waals surface area contributed by atoms with E-state index in [1.165, 1.54) is 0 Å². The van der Waals surface area contributed by atoms with Gasteiger partial charge in [-0.1, -0.05) is 0 Å². The normalized spacial score (nSPS) is 22.2. The smallest absolute Gasteiger partial charge is 0.238 e. The van der Waals surface area contributed by atoms with Gasteiger partial charge in [-0.05, 0) is 38.1 Å². The summed E-state index contributed by atoms with van der Waals surface area (Å²) in [6, 6.07) is 7.32. The van der Waals surface area contributed by atoms with Crippen molar-refractivity contribution in [3.05, 3.63) is 24.3 Å². The standard InChI is InChI=1S/C15H22N2O3.ClH/c1-11-8-17(9-12(2)20-11)10-15(18)16-13-4-6-14(19-3)7-5-13;/h4-7,11-12H,8-10H2,1-3H3,(H,16,18);1H. The van der Waals surface area contributed by atoms with Crippen LogP contribution < -0.4 is 10.1 Å². The number of methoxy groups -OCH3 is 1. The molecule has 1 saturated heterocycles. The topological polar surface area (TPSA) is 50.8 Å². The highest BCUT2D eigenvalue weighted by molar-refractivity contribution is 5.92. The van der Waals surface area contributed by atoms with Crippen LogP contribution >= 0.6 is 12.4 Å². The number of rotatable bonds is 4. The molecular formula is C15H23ClN2O3. The zero-order valence-corrected chi connectivity index (χ0v) is 13.5. The molecule has 118 valence electrons. The van der Waals surface area contributed by atoms with Crippen molar-refractivity contribution in [1.82, 2.24) is 4.90 Å². The molecule has 0 aromatic heterocycles. The van der Waals surface area contributed by atoms with Crippen LogP contribution in [-0.4, -0.2) is 49.8 Å². The summed E-state index contributed by atoms with van der Waals surface area (Å²) in [6.07, 6.45) is 0.347. The van der Waals surface area contributed by atoms with E-state index in [0.29, 0.717) is 6.54 Å². The second-order valence-electron chi connectivity index (χ2n) is 5.23. The molecule has 0 radical (unpaired) electrons. The molecule has 1 aromatic carbocycles. The molecule has 6 heteroatoms. The molecule has 1 aliphatic heterocycles. The largest absolute Gasteiger partial charge is 0.497 e. The van der Waals surface area contributed by atoms with E-state index in [1.807, 2.05) is 38.1 Å². The highest BCUT2D eigenvalue weighted by Crippen LogP contribution is 2.15. The molecule has 0 bridgehead atoms. The Morgan fingerprint density at radius 2 is 1.86 bits per heavy atom. The summed E-state index contributed by atoms with van der Waals surface area (Å²) in [5.74, 6) is 0.773. The first-order chi connectivity index (χ1) is 9.56. The molecule has 1 aromatic rings. The molecule has 1 aliphatic rings. The van der Waals surface area contributed by atoms with Crippen molar-refractivity contribution in [2.75, 3.05) is 32.1 Å². The lowest BCUT2D eigenvalue weighted by atomic mass is 10.2. The lowest BCUT2D eigenvalue weighted by Crippen LogP contribution is -2.48. The maximum Gasteiger partial charge on any atom is 0.238 e. The molecule has 2 unspecified atom stereocenters. The summed E-state index contributed by atoms with van der Waals surface area (Å²) in [7, 11) is 1.62. The van der Waals surface area contributed by atoms with Gasteiger partial charge in [0, 0.05) is 18.8 Å². The second-order valence-corrected chi connectivity index (χ2v) is 5.23. The Labute approximate surface area is 132 Å². The molecule has 0 aliphatic carbocycles. The van der Waals surface area contributed by atoms with Gasteiger partial charge in [-0.2, -0.15) is 0 Å². The summed E-state index contributed by atoms with van der Waals surface area (Å²) in [5, 5.41) is 2.89. The van der Waals surface area contributed by atoms with Crippen molar-refractivity contribution >= 4 is 24.0 Å². The number of nitrogens with zero attached hydrogens (tertiary/aromatic N) is 1. The zero-order valence-electron chi connectivity index (χ0n) is 12.7. The summed E-state index contributed by atoms with van der Waals surface area (Å²) in [5.41, 5.74) is 0.783. The predicted octanol–water partition coefficient (Wildman–Crippen LogP) is 2.16. The number of morpholine rings is 1. The van der Waals surface area contributed by atoms with Crippen LogP contribution in [0.1, 0.15) is 13.8 Å². The first kappa shape index (κ1) is 17.8. The van der Waals surface area contributed by atoms with Gasteiger partial charge in [0.2, 0.25) is 5.91 Å². The molecule has 0 spiro atoms. The number of nitrogens with one attached hydrogen (secondary N) is 1. The number of benzene rings is 1. The Kier molecular flexibility index (Phi) is 6.95. The van der Waals surface area contributed by atoms with Gasteiger partial charge in [0.25, 0.3) is 0 Å². The van der Waals surface area contributed by atoms with Crippen molar-refractivity contribution in [3.8, 4) is 5.75 Å². The average Bonchev–Trinajstić information content (AvgIpc) is 2.38. The van der Waals surface area contributed by atoms with Crippen LogP contribution in [-0.2, 0) is 9.53 Å². The van der Waals surface area contributed by atoms with Crippen molar-refractivity contribution in [2.45, 2.75) is 26.1 Å². The Balaban J connectivity index is 0.00000220. The lowest BCUT2D eigenvalue weighted by molar-refractivity contribution is -0.121. The maximum atomic E-state index is 12.0. The minimum absolute atomic E-state index is 0. The fourth-order valence-electron chi connectivity index (χ4n) is 2.49. The molecule has 1 fully saturated rings. The molecule has 1 N–H and O–H groups in total. The molecular weight excluding hydrogens is 292 g/mol. The number of hydrogen-bond donors (Lipinski definition) is 1. The Morgan fingerprint density at radius 3 is 2.38 bits per heavy atom. The van der Waals surface area contributed by atoms with Gasteiger partial charge in [-0.25, -0.2) is 0 Å². The number of anilines is 1. The zero-order chi connectivity index (χ0) is 14.5. The van der Waals surface area contributed by atoms with Crippen LogP contribution in [0.3, 0.4) is 0 Å². The Morgan fingerprint density at radius 1 is 1.29 bits per heavy atom. The molecule has 1 amide bonds. The first-order valence-corrected chi connectivity index (χ1v) is 6.88. The van der Waals surface area contributed by atoms with E-state index in [4.69, 9.17) is 9.47 Å². The fourth-order valence-corrected chi connectivity index (χ4v) is 2.49. The molecule has 5 nitrogen and oxygen atoms in total. The quantitative estimate of drug-likeness (QED) is 0.925. The summed E-state index contributed by atoms with van der Waals surface area (Å²) in [6.45, 7) is 6.04. The van der Waals surface area contributed by atoms with Gasteiger partial charge in [0.15, 0.2) is 0 Å². The second kappa shape index (κ2) is 8.22. The summed E-state index contributed by atoms with van der Waals surface area (Å²) < 4.78 is 10.7. The van der Waals surface area contributed by atoms with Crippen LogP contribution in [0.25, 0.3) is 0 Å². The van der Waals surface area contributed by atoms with Gasteiger partial charge in [-0.3, -0.25) is 9.69 Å². The fraction of sp³-hybridized carbons (Fsp3) is 0.533. The van der Waals surface area contributed by atoms with E-state index in [0.717, 1.165) is 24.5 Å². The predicted molar refractivity (Wildman–Crippen MR) is 85.3 cm³/mol. The molecule has 2 atom stereocenters. The van der Waals surface area contributed by atoms with Crippen LogP contribution in [0.4, 0.5) is 5.69 Å². The minimum Gasteiger partial charge on any atom is -0.497 e. The number of halogens is 1. The number of hydrogen-bond acceptors (Lipinski definition) is 4. The van der Waals surface area contributed by atoms with Gasteiger partial charge in [0.1, 0.15) is 5.75 Å². The van der Waals surface area contributed by atoms with E-state index in [1.54, 1.807) is 7.11 Å². The Hall–Kier alpha value is -1.30. The van der Waals surface area contributed by atoms with E-state index < -0.39 is 0 Å². The van der Waals surface area contributed by atoms with Gasteiger partial charge in [-0.15, -0.1) is 12.4 Å². The molecule has 21 heavy (non-hydrogen) atoms. The number of carbonyl (C=O) groups excluding carboxylic acids is 1. The first-order valence-electron chi connectivity index (χ1n) is 6.88. The van der Waals surface area contributed by atoms with E-state index in [-0.39, 0.29) is 30.5 Å². The average molecular weight is 315 g/mol. The van der Waals surface area contributed by atoms with Gasteiger partial charge < -0.3 is 14.8 Å². The highest BCUT2D eigenvalue weighted by Gasteiger charge is 2.23. The SMILES string of the molecule is COc1ccc(NC(=O)CN2CC(C)OC(C)C2)cc1.Cl. The number of amides is 1. The van der Waals surface area contributed by atoms with E-state index in [9.17, 15) is 4.79 Å². The monoisotopic (exact) mass is 314 g/mol. The lowest BCUT2D eigenvalue weighted by Gasteiger charge is -2.34. The molecule has 1 heterocycles. The third-order valence-electron chi connectivity index (χ3n) is 3.24. The van der Waals surface area contributed by atoms with Crippen LogP contribution in [0.15, 0.2) is 24.3 Å². The van der Waals surface area contributed by atoms with Crippen molar-refractivity contribution in [3.63, 3.8) is 0 Å². The number of ether oxygens (including phenoxy) is 2. The van der Waals surface area contributed by atoms with E-state index >= 15 is 0 Å². The highest BCUT2D eigenvalue weighted by atomic mass is 35.5. The molecule has 2 rings (SSSR count). The van der Waals surface area contributed by atoms with Crippen LogP contribution in [0.5, 0.6) is 5.75 Å².